The van der Waals surface area contributed by atoms with Crippen LogP contribution in [0.3, 0.4) is 0 Å². The lowest BCUT2D eigenvalue weighted by Gasteiger charge is -2.34. The summed E-state index contributed by atoms with van der Waals surface area (Å²) < 4.78 is 4.71. The summed E-state index contributed by atoms with van der Waals surface area (Å²) in [5.74, 6) is 0.537. The number of aliphatic imine (C=N–C) groups is 1. The number of hydrogen-bond acceptors (Lipinski definition) is 4. The van der Waals surface area contributed by atoms with Crippen molar-refractivity contribution >= 4 is 17.8 Å². The van der Waals surface area contributed by atoms with Gasteiger partial charge in [0.1, 0.15) is 0 Å². The van der Waals surface area contributed by atoms with Crippen LogP contribution in [-0.2, 0) is 16.1 Å². The lowest BCUT2D eigenvalue weighted by Crippen LogP contribution is -2.47. The molecule has 1 aliphatic rings. The topological polar surface area (TPSA) is 97.0 Å². The second-order valence-corrected chi connectivity index (χ2v) is 6.48. The first-order valence-corrected chi connectivity index (χ1v) is 9.02. The zero-order chi connectivity index (χ0) is 18.9. The molecule has 7 nitrogen and oxygen atoms in total. The number of esters is 1. The average Bonchev–Trinajstić information content (AvgIpc) is 2.64. The first kappa shape index (κ1) is 19.8. The molecule has 1 aromatic rings. The number of nitrogens with zero attached hydrogens (tertiary/aromatic N) is 2. The second kappa shape index (κ2) is 9.79. The summed E-state index contributed by atoms with van der Waals surface area (Å²) in [6.07, 6.45) is 2.47. The van der Waals surface area contributed by atoms with E-state index in [1.807, 2.05) is 19.1 Å². The first-order valence-electron chi connectivity index (χ1n) is 9.02. The molecule has 7 heteroatoms. The summed E-state index contributed by atoms with van der Waals surface area (Å²) in [7, 11) is 1.37. The van der Waals surface area contributed by atoms with E-state index >= 15 is 0 Å². The largest absolute Gasteiger partial charge is 0.465 e. The highest BCUT2D eigenvalue weighted by atomic mass is 16.5. The molecule has 1 saturated heterocycles. The summed E-state index contributed by atoms with van der Waals surface area (Å²) in [6, 6.07) is 7.25. The van der Waals surface area contributed by atoms with E-state index in [-0.39, 0.29) is 17.8 Å². The summed E-state index contributed by atoms with van der Waals surface area (Å²) in [6.45, 7) is 5.03. The van der Waals surface area contributed by atoms with E-state index in [2.05, 4.69) is 10.2 Å². The maximum absolute atomic E-state index is 11.5. The zero-order valence-electron chi connectivity index (χ0n) is 15.5. The van der Waals surface area contributed by atoms with E-state index in [9.17, 15) is 9.59 Å². The molecule has 1 aromatic carbocycles. The number of guanidine groups is 1. The molecule has 3 N–H and O–H groups in total. The van der Waals surface area contributed by atoms with Gasteiger partial charge in [0, 0.05) is 26.1 Å². The molecule has 0 saturated carbocycles. The quantitative estimate of drug-likeness (QED) is 0.455. The molecule has 2 rings (SSSR count). The number of hydrogen-bond donors (Lipinski definition) is 2. The fourth-order valence-corrected chi connectivity index (χ4v) is 3.16. The smallest absolute Gasteiger partial charge is 0.337 e. The van der Waals surface area contributed by atoms with E-state index < -0.39 is 0 Å². The van der Waals surface area contributed by atoms with Crippen LogP contribution in [0.2, 0.25) is 0 Å². The molecule has 0 radical (unpaired) electrons. The molecular formula is C19H28N4O3. The number of amides is 1. The number of methoxy groups -OCH3 is 1. The Kier molecular flexibility index (Phi) is 7.44. The fraction of sp³-hybridized carbons (Fsp3) is 0.526. The van der Waals surface area contributed by atoms with Crippen molar-refractivity contribution in [2.75, 3.05) is 26.7 Å². The number of likely N-dealkylation sites (tertiary alicyclic amines) is 1. The van der Waals surface area contributed by atoms with Crippen LogP contribution in [0.25, 0.3) is 0 Å². The third-order valence-electron chi connectivity index (χ3n) is 4.43. The minimum Gasteiger partial charge on any atom is -0.465 e. The molecular weight excluding hydrogens is 332 g/mol. The minimum atomic E-state index is -0.345. The maximum atomic E-state index is 11.5. The van der Waals surface area contributed by atoms with Crippen LogP contribution in [0, 0.1) is 5.92 Å². The second-order valence-electron chi connectivity index (χ2n) is 6.48. The van der Waals surface area contributed by atoms with Crippen molar-refractivity contribution in [3.05, 3.63) is 35.4 Å². The van der Waals surface area contributed by atoms with Crippen LogP contribution in [0.1, 0.15) is 42.1 Å². The van der Waals surface area contributed by atoms with Crippen LogP contribution >= 0.6 is 0 Å². The van der Waals surface area contributed by atoms with Gasteiger partial charge in [-0.1, -0.05) is 12.1 Å². The summed E-state index contributed by atoms with van der Waals surface area (Å²) in [5.41, 5.74) is 6.88. The van der Waals surface area contributed by atoms with Crippen molar-refractivity contribution in [3.8, 4) is 0 Å². The Labute approximate surface area is 154 Å². The zero-order valence-corrected chi connectivity index (χ0v) is 15.5. The molecule has 0 aromatic heterocycles. The Balaban J connectivity index is 2.03. The Morgan fingerprint density at radius 3 is 2.69 bits per heavy atom. The predicted molar refractivity (Wildman–Crippen MR) is 101 cm³/mol. The predicted octanol–water partition coefficient (Wildman–Crippen LogP) is 1.53. The van der Waals surface area contributed by atoms with Crippen LogP contribution < -0.4 is 11.1 Å². The minimum absolute atomic E-state index is 0.246. The molecule has 0 spiro atoms. The van der Waals surface area contributed by atoms with Gasteiger partial charge in [0.05, 0.1) is 19.2 Å². The van der Waals surface area contributed by atoms with E-state index in [1.165, 1.54) is 7.11 Å². The van der Waals surface area contributed by atoms with Crippen molar-refractivity contribution in [1.82, 2.24) is 10.2 Å². The Morgan fingerprint density at radius 2 is 2.08 bits per heavy atom. The SMILES string of the molecule is CCNC(=NCc1ccc(C(=O)OC)cc1)N1CCCC(CC(N)=O)C1. The Bertz CT molecular complexity index is 643. The number of carbonyl (C=O) groups excluding carboxylic acids is 2. The van der Waals surface area contributed by atoms with Gasteiger partial charge in [0.15, 0.2) is 5.96 Å². The number of ether oxygens (including phenoxy) is 1. The molecule has 142 valence electrons. The number of nitrogens with two attached hydrogens (primary N) is 1. The number of nitrogens with one attached hydrogen (secondary N) is 1. The highest BCUT2D eigenvalue weighted by Crippen LogP contribution is 2.19. The number of primary amides is 1. The summed E-state index contributed by atoms with van der Waals surface area (Å²) in [5, 5.41) is 3.32. The van der Waals surface area contributed by atoms with Crippen molar-refractivity contribution in [2.24, 2.45) is 16.6 Å². The number of benzene rings is 1. The van der Waals surface area contributed by atoms with Gasteiger partial charge in [-0.3, -0.25) is 4.79 Å². The van der Waals surface area contributed by atoms with Gasteiger partial charge in [-0.25, -0.2) is 9.79 Å². The molecule has 26 heavy (non-hydrogen) atoms. The van der Waals surface area contributed by atoms with E-state index in [0.717, 1.165) is 44.0 Å². The number of piperidine rings is 1. The molecule has 1 amide bonds. The normalized spacial score (nSPS) is 17.7. The van der Waals surface area contributed by atoms with Crippen molar-refractivity contribution in [3.63, 3.8) is 0 Å². The van der Waals surface area contributed by atoms with Gasteiger partial charge in [-0.05, 0) is 43.4 Å². The van der Waals surface area contributed by atoms with Crippen molar-refractivity contribution in [2.45, 2.75) is 32.7 Å². The lowest BCUT2D eigenvalue weighted by molar-refractivity contribution is -0.119. The van der Waals surface area contributed by atoms with Crippen LogP contribution in [0.4, 0.5) is 0 Å². The monoisotopic (exact) mass is 360 g/mol. The molecule has 1 aliphatic heterocycles. The molecule has 1 unspecified atom stereocenters. The Hall–Kier alpha value is -2.57. The van der Waals surface area contributed by atoms with Gasteiger partial charge in [0.25, 0.3) is 0 Å². The summed E-state index contributed by atoms with van der Waals surface area (Å²) in [4.78, 5) is 29.6. The van der Waals surface area contributed by atoms with Gasteiger partial charge < -0.3 is 20.7 Å². The van der Waals surface area contributed by atoms with Crippen molar-refractivity contribution < 1.29 is 14.3 Å². The molecule has 1 fully saturated rings. The third-order valence-corrected chi connectivity index (χ3v) is 4.43. The van der Waals surface area contributed by atoms with E-state index in [4.69, 9.17) is 15.5 Å². The van der Waals surface area contributed by atoms with Gasteiger partial charge >= 0.3 is 5.97 Å². The van der Waals surface area contributed by atoms with Gasteiger partial charge in [-0.2, -0.15) is 0 Å². The van der Waals surface area contributed by atoms with Crippen LogP contribution in [0.5, 0.6) is 0 Å². The number of rotatable bonds is 6. The van der Waals surface area contributed by atoms with Gasteiger partial charge in [0.2, 0.25) is 5.91 Å². The van der Waals surface area contributed by atoms with E-state index in [0.29, 0.717) is 18.5 Å². The number of carbonyl (C=O) groups is 2. The maximum Gasteiger partial charge on any atom is 0.337 e. The molecule has 0 aliphatic carbocycles. The lowest BCUT2D eigenvalue weighted by atomic mass is 9.95. The standard InChI is InChI=1S/C19H28N4O3/c1-3-21-19(23-10-4-5-15(13-23)11-17(20)24)22-12-14-6-8-16(9-7-14)18(25)26-2/h6-9,15H,3-5,10-13H2,1-2H3,(H2,20,24)(H,21,22). The van der Waals surface area contributed by atoms with E-state index in [1.54, 1.807) is 12.1 Å². The summed E-state index contributed by atoms with van der Waals surface area (Å²) >= 11 is 0. The van der Waals surface area contributed by atoms with Crippen LogP contribution in [-0.4, -0.2) is 49.5 Å². The van der Waals surface area contributed by atoms with Gasteiger partial charge in [-0.15, -0.1) is 0 Å². The van der Waals surface area contributed by atoms with Crippen LogP contribution in [0.15, 0.2) is 29.3 Å². The molecule has 0 bridgehead atoms. The highest BCUT2D eigenvalue weighted by molar-refractivity contribution is 5.89. The Morgan fingerprint density at radius 1 is 1.35 bits per heavy atom. The first-order chi connectivity index (χ1) is 12.5. The molecule has 1 atom stereocenters. The third kappa shape index (κ3) is 5.75. The van der Waals surface area contributed by atoms with Crippen molar-refractivity contribution in [1.29, 1.82) is 0 Å². The molecule has 1 heterocycles. The fourth-order valence-electron chi connectivity index (χ4n) is 3.16. The average molecular weight is 360 g/mol. The highest BCUT2D eigenvalue weighted by Gasteiger charge is 2.23.